The number of carbonyl (C=O) groups is 3. The molecule has 0 unspecified atom stereocenters. The lowest BCUT2D eigenvalue weighted by Gasteiger charge is -2.28. The minimum atomic E-state index is -1.13. The summed E-state index contributed by atoms with van der Waals surface area (Å²) in [5.41, 5.74) is 7.56. The Kier molecular flexibility index (Phi) is 7.94. The number of amides is 2. The van der Waals surface area contributed by atoms with E-state index in [1.54, 1.807) is 4.68 Å². The first-order valence-electron chi connectivity index (χ1n) is 14.8. The van der Waals surface area contributed by atoms with Crippen LogP contribution in [0.2, 0.25) is 0 Å². The lowest BCUT2D eigenvalue weighted by Crippen LogP contribution is -2.55. The molecule has 5 atom stereocenters. The molecule has 12 nitrogen and oxygen atoms in total. The van der Waals surface area contributed by atoms with Crippen molar-refractivity contribution in [3.63, 3.8) is 0 Å². The standard InChI is InChI=1S/C30H37N7O5S/c1-17-13-22(36(2)35-17)25-32-21-11-12-43-24(21)27(33-25)42-19-14-23-26(38)34-30(29(40)41-3)15-18(30)9-7-5-4-6-8-10-20(31)28(39)37(23)16-19/h7,9,11-13,18-20,23H,4-6,8,10,14-16,31H2,1-3H3,(H,34,38)/t18-,19-,20+,23+,30-/m1/s1. The van der Waals surface area contributed by atoms with E-state index in [4.69, 9.17) is 25.2 Å². The van der Waals surface area contributed by atoms with Crippen LogP contribution in [0.25, 0.3) is 21.7 Å². The summed E-state index contributed by atoms with van der Waals surface area (Å²) in [6.45, 7) is 2.07. The largest absolute Gasteiger partial charge is 0.471 e. The van der Waals surface area contributed by atoms with Crippen LogP contribution in [0.5, 0.6) is 5.88 Å². The Labute approximate surface area is 253 Å². The third-order valence-corrected chi connectivity index (χ3v) is 9.50. The van der Waals surface area contributed by atoms with E-state index in [0.29, 0.717) is 24.5 Å². The van der Waals surface area contributed by atoms with Crippen LogP contribution in [-0.4, -0.2) is 79.8 Å². The maximum atomic E-state index is 13.8. The van der Waals surface area contributed by atoms with Crippen LogP contribution in [-0.2, 0) is 26.2 Å². The molecular weight excluding hydrogens is 570 g/mol. The van der Waals surface area contributed by atoms with Crippen LogP contribution >= 0.6 is 11.3 Å². The van der Waals surface area contributed by atoms with Gasteiger partial charge in [0, 0.05) is 19.4 Å². The number of aryl methyl sites for hydroxylation is 2. The molecule has 228 valence electrons. The Morgan fingerprint density at radius 2 is 2.07 bits per heavy atom. The molecule has 0 bridgehead atoms. The first-order valence-corrected chi connectivity index (χ1v) is 15.6. The second kappa shape index (κ2) is 11.7. The molecule has 3 aliphatic rings. The van der Waals surface area contributed by atoms with Gasteiger partial charge in [0.15, 0.2) is 5.82 Å². The van der Waals surface area contributed by atoms with E-state index in [2.05, 4.69) is 16.5 Å². The summed E-state index contributed by atoms with van der Waals surface area (Å²) in [7, 11) is 3.15. The number of esters is 1. The quantitative estimate of drug-likeness (QED) is 0.336. The van der Waals surface area contributed by atoms with Gasteiger partial charge in [-0.15, -0.1) is 11.3 Å². The number of aromatic nitrogens is 4. The first kappa shape index (κ1) is 29.2. The van der Waals surface area contributed by atoms with Crippen molar-refractivity contribution in [3.8, 4) is 17.4 Å². The van der Waals surface area contributed by atoms with Gasteiger partial charge in [0.2, 0.25) is 17.7 Å². The normalized spacial score (nSPS) is 28.0. The van der Waals surface area contributed by atoms with Crippen molar-refractivity contribution in [2.75, 3.05) is 13.7 Å². The molecule has 1 saturated heterocycles. The number of hydrogen-bond acceptors (Lipinski definition) is 10. The van der Waals surface area contributed by atoms with Crippen molar-refractivity contribution in [3.05, 3.63) is 35.4 Å². The van der Waals surface area contributed by atoms with Crippen LogP contribution in [0.3, 0.4) is 0 Å². The summed E-state index contributed by atoms with van der Waals surface area (Å²) in [6, 6.07) is 2.22. The predicted octanol–water partition coefficient (Wildman–Crippen LogP) is 2.64. The van der Waals surface area contributed by atoms with Crippen LogP contribution in [0.15, 0.2) is 29.7 Å². The van der Waals surface area contributed by atoms with Gasteiger partial charge in [0.05, 0.1) is 30.9 Å². The van der Waals surface area contributed by atoms with E-state index in [-0.39, 0.29) is 24.8 Å². The zero-order chi connectivity index (χ0) is 30.3. The molecule has 3 N–H and O–H groups in total. The molecule has 2 aliphatic heterocycles. The van der Waals surface area contributed by atoms with Gasteiger partial charge in [-0.2, -0.15) is 10.1 Å². The van der Waals surface area contributed by atoms with E-state index >= 15 is 0 Å². The van der Waals surface area contributed by atoms with Gasteiger partial charge in [0.1, 0.15) is 28.1 Å². The minimum absolute atomic E-state index is 0.156. The van der Waals surface area contributed by atoms with E-state index in [1.165, 1.54) is 23.3 Å². The van der Waals surface area contributed by atoms with Crippen molar-refractivity contribution in [1.29, 1.82) is 0 Å². The Hall–Kier alpha value is -3.84. The summed E-state index contributed by atoms with van der Waals surface area (Å²) in [5, 5.41) is 9.30. The third-order valence-electron chi connectivity index (χ3n) is 8.61. The molecular formula is C30H37N7O5S. The van der Waals surface area contributed by atoms with Gasteiger partial charge in [-0.25, -0.2) is 9.78 Å². The molecule has 1 saturated carbocycles. The molecule has 5 heterocycles. The molecule has 2 fully saturated rings. The molecule has 43 heavy (non-hydrogen) atoms. The molecule has 1 aliphatic carbocycles. The monoisotopic (exact) mass is 607 g/mol. The zero-order valence-corrected chi connectivity index (χ0v) is 25.4. The molecule has 0 aromatic carbocycles. The predicted molar refractivity (Wildman–Crippen MR) is 160 cm³/mol. The smallest absolute Gasteiger partial charge is 0.332 e. The number of nitrogens with two attached hydrogens (primary N) is 1. The fourth-order valence-corrected chi connectivity index (χ4v) is 6.98. The summed E-state index contributed by atoms with van der Waals surface area (Å²) in [4.78, 5) is 51.3. The fraction of sp³-hybridized carbons (Fsp3) is 0.533. The Balaban J connectivity index is 1.30. The summed E-state index contributed by atoms with van der Waals surface area (Å²) >= 11 is 1.46. The Morgan fingerprint density at radius 3 is 2.84 bits per heavy atom. The molecule has 0 radical (unpaired) electrons. The number of hydrogen-bond donors (Lipinski definition) is 2. The lowest BCUT2D eigenvalue weighted by molar-refractivity contribution is -0.148. The average molecular weight is 608 g/mol. The SMILES string of the molecule is COC(=O)[C@@]12C[C@H]1C=CCCCCC[C@H](N)C(=O)N1C[C@H](Oc3nc(-c4cc(C)nn4C)nc4ccsc34)C[C@H]1C(=O)N2. The number of ether oxygens (including phenoxy) is 2. The van der Waals surface area contributed by atoms with Gasteiger partial charge in [-0.05, 0) is 50.1 Å². The minimum Gasteiger partial charge on any atom is -0.471 e. The molecule has 2 amide bonds. The number of nitrogens with one attached hydrogen (secondary N) is 1. The van der Waals surface area contributed by atoms with Gasteiger partial charge in [-0.1, -0.05) is 25.0 Å². The van der Waals surface area contributed by atoms with Crippen molar-refractivity contribution in [2.45, 2.75) is 75.6 Å². The van der Waals surface area contributed by atoms with E-state index in [0.717, 1.165) is 47.3 Å². The van der Waals surface area contributed by atoms with Crippen LogP contribution in [0, 0.1) is 12.8 Å². The maximum Gasteiger partial charge on any atom is 0.332 e. The van der Waals surface area contributed by atoms with E-state index in [9.17, 15) is 14.4 Å². The van der Waals surface area contributed by atoms with Crippen molar-refractivity contribution in [1.82, 2.24) is 30.0 Å². The van der Waals surface area contributed by atoms with Crippen molar-refractivity contribution < 1.29 is 23.9 Å². The molecule has 3 aromatic rings. The zero-order valence-electron chi connectivity index (χ0n) is 24.6. The van der Waals surface area contributed by atoms with E-state index < -0.39 is 35.6 Å². The average Bonchev–Trinajstić information content (AvgIpc) is 3.33. The topological polar surface area (TPSA) is 155 Å². The highest BCUT2D eigenvalue weighted by Gasteiger charge is 2.62. The number of thiophene rings is 1. The summed E-state index contributed by atoms with van der Waals surface area (Å²) in [5.74, 6) is -0.500. The van der Waals surface area contributed by atoms with Gasteiger partial charge in [0.25, 0.3) is 0 Å². The summed E-state index contributed by atoms with van der Waals surface area (Å²) in [6.07, 6.45) is 8.30. The summed E-state index contributed by atoms with van der Waals surface area (Å²) < 4.78 is 14.1. The Morgan fingerprint density at radius 1 is 1.23 bits per heavy atom. The second-order valence-electron chi connectivity index (χ2n) is 11.7. The lowest BCUT2D eigenvalue weighted by atomic mass is 10.1. The Bertz CT molecular complexity index is 1580. The highest BCUT2D eigenvalue weighted by atomic mass is 32.1. The number of allylic oxidation sites excluding steroid dienone is 1. The van der Waals surface area contributed by atoms with E-state index in [1.807, 2.05) is 37.6 Å². The van der Waals surface area contributed by atoms with Gasteiger partial charge in [-0.3, -0.25) is 14.3 Å². The number of rotatable bonds is 4. The van der Waals surface area contributed by atoms with Gasteiger partial charge >= 0.3 is 5.97 Å². The number of carbonyl (C=O) groups excluding carboxylic acids is 3. The number of nitrogens with zero attached hydrogens (tertiary/aromatic N) is 5. The molecule has 0 spiro atoms. The molecule has 13 heteroatoms. The molecule has 3 aromatic heterocycles. The maximum absolute atomic E-state index is 13.8. The second-order valence-corrected chi connectivity index (χ2v) is 12.6. The third kappa shape index (κ3) is 5.63. The van der Waals surface area contributed by atoms with Crippen LogP contribution in [0.1, 0.15) is 50.6 Å². The number of fused-ring (bicyclic) bond motifs is 3. The van der Waals surface area contributed by atoms with Gasteiger partial charge < -0.3 is 25.4 Å². The fourth-order valence-electron chi connectivity index (χ4n) is 6.22. The van der Waals surface area contributed by atoms with Crippen LogP contribution < -0.4 is 15.8 Å². The molecule has 6 rings (SSSR count). The number of methoxy groups -OCH3 is 1. The highest BCUT2D eigenvalue weighted by molar-refractivity contribution is 7.17. The van der Waals surface area contributed by atoms with Crippen molar-refractivity contribution >= 4 is 39.3 Å². The first-order chi connectivity index (χ1) is 20.7. The van der Waals surface area contributed by atoms with Crippen LogP contribution in [0.4, 0.5) is 0 Å². The highest BCUT2D eigenvalue weighted by Crippen LogP contribution is 2.46. The van der Waals surface area contributed by atoms with Crippen molar-refractivity contribution in [2.24, 2.45) is 18.7 Å².